The van der Waals surface area contributed by atoms with E-state index in [1.165, 1.54) is 24.3 Å². The first-order chi connectivity index (χ1) is 19.1. The zero-order valence-corrected chi connectivity index (χ0v) is 22.8. The summed E-state index contributed by atoms with van der Waals surface area (Å²) in [5, 5.41) is 31.4. The Morgan fingerprint density at radius 3 is 1.62 bits per heavy atom. The Bertz CT molecular complexity index is 1140. The highest BCUT2D eigenvalue weighted by Crippen LogP contribution is 2.19. The molecule has 0 saturated carbocycles. The molecular formula is C24H30O14S2. The normalized spacial score (nSPS) is 13.0. The van der Waals surface area contributed by atoms with Gasteiger partial charge in [-0.15, -0.1) is 4.33 Å². The van der Waals surface area contributed by atoms with Crippen molar-refractivity contribution in [2.75, 3.05) is 39.6 Å². The van der Waals surface area contributed by atoms with Gasteiger partial charge in [0.15, 0.2) is 0 Å². The van der Waals surface area contributed by atoms with Gasteiger partial charge in [-0.3, -0.25) is 4.55 Å². The first-order valence-electron chi connectivity index (χ1n) is 11.8. The van der Waals surface area contributed by atoms with Crippen molar-refractivity contribution in [2.24, 2.45) is 0 Å². The molecule has 16 heteroatoms. The molecule has 2 atom stereocenters. The van der Waals surface area contributed by atoms with Crippen molar-refractivity contribution < 1.29 is 66.3 Å². The van der Waals surface area contributed by atoms with Gasteiger partial charge in [0.2, 0.25) is 0 Å². The molecule has 2 aromatic carbocycles. The summed E-state index contributed by atoms with van der Waals surface area (Å²) in [6, 6.07) is 10.5. The van der Waals surface area contributed by atoms with E-state index < -0.39 is 34.3 Å². The topological polar surface area (TPSA) is 205 Å². The van der Waals surface area contributed by atoms with Crippen LogP contribution < -0.4 is 0 Å². The number of aliphatic hydroxyl groups excluding tert-OH is 2. The maximum absolute atomic E-state index is 12.0. The summed E-state index contributed by atoms with van der Waals surface area (Å²) >= 11 is 0.745. The second kappa shape index (κ2) is 17.9. The zero-order valence-electron chi connectivity index (χ0n) is 21.1. The quantitative estimate of drug-likeness (QED) is 0.0450. The first-order valence-corrected chi connectivity index (χ1v) is 14.0. The van der Waals surface area contributed by atoms with E-state index in [-0.39, 0.29) is 42.4 Å². The maximum atomic E-state index is 12.0. The fourth-order valence-corrected chi connectivity index (χ4v) is 3.75. The molecule has 0 amide bonds. The van der Waals surface area contributed by atoms with Crippen LogP contribution in [0.5, 0.6) is 0 Å². The summed E-state index contributed by atoms with van der Waals surface area (Å²) in [6.07, 6.45) is -0.876. The van der Waals surface area contributed by atoms with E-state index in [2.05, 4.69) is 9.37 Å². The van der Waals surface area contributed by atoms with Gasteiger partial charge in [-0.25, -0.2) is 14.8 Å². The molecule has 0 saturated heterocycles. The third-order valence-corrected chi connectivity index (χ3v) is 6.36. The molecule has 2 unspecified atom stereocenters. The summed E-state index contributed by atoms with van der Waals surface area (Å²) in [5.41, 5.74) is 0.314. The highest BCUT2D eigenvalue weighted by atomic mass is 32.2. The van der Waals surface area contributed by atoms with Crippen molar-refractivity contribution in [2.45, 2.75) is 34.8 Å². The molecule has 2 rings (SSSR count). The minimum Gasteiger partial charge on any atom is -0.459 e. The summed E-state index contributed by atoms with van der Waals surface area (Å²) in [4.78, 5) is 24.2. The van der Waals surface area contributed by atoms with Crippen molar-refractivity contribution in [3.05, 3.63) is 59.7 Å². The summed E-state index contributed by atoms with van der Waals surface area (Å²) in [7, 11) is -4.37. The van der Waals surface area contributed by atoms with Gasteiger partial charge < -0.3 is 29.2 Å². The molecule has 0 aliphatic rings. The summed E-state index contributed by atoms with van der Waals surface area (Å²) < 4.78 is 55.9. The van der Waals surface area contributed by atoms with Crippen LogP contribution in [0, 0.1) is 0 Å². The van der Waals surface area contributed by atoms with Gasteiger partial charge in [-0.05, 0) is 61.4 Å². The lowest BCUT2D eigenvalue weighted by molar-refractivity contribution is -0.432. The van der Waals surface area contributed by atoms with Crippen molar-refractivity contribution in [3.63, 3.8) is 0 Å². The van der Waals surface area contributed by atoms with Crippen molar-refractivity contribution in [1.29, 1.82) is 0 Å². The van der Waals surface area contributed by atoms with Crippen LogP contribution in [0.4, 0.5) is 0 Å². The second-order valence-corrected chi connectivity index (χ2v) is 10.3. The fourth-order valence-electron chi connectivity index (χ4n) is 2.92. The van der Waals surface area contributed by atoms with Crippen LogP contribution >= 0.6 is 12.0 Å². The van der Waals surface area contributed by atoms with Gasteiger partial charge in [0.05, 0.1) is 41.3 Å². The van der Waals surface area contributed by atoms with E-state index >= 15 is 0 Å². The molecule has 2 aromatic rings. The van der Waals surface area contributed by atoms with Gasteiger partial charge >= 0.3 is 11.9 Å². The number of benzene rings is 2. The smallest absolute Gasteiger partial charge is 0.338 e. The Labute approximate surface area is 234 Å². The standard InChI is InChI=1S/C24H30O14S2/c25-19(15-35-23(27)17-3-7-21(8-4-17)39-38-37-29)13-33-11-1-2-12-34-14-20(26)16-36-24(28)18-5-9-22(10-6-18)40(30,31)32/h3-10,19-20,25-26,29H,1-2,11-16H2,(H,30,31,32). The van der Waals surface area contributed by atoms with E-state index in [1.807, 2.05) is 0 Å². The number of carbonyl (C=O) groups excluding carboxylic acids is 2. The number of aliphatic hydroxyl groups is 2. The third-order valence-electron chi connectivity index (χ3n) is 4.90. The predicted molar refractivity (Wildman–Crippen MR) is 137 cm³/mol. The molecule has 222 valence electrons. The zero-order chi connectivity index (χ0) is 29.4. The number of rotatable bonds is 19. The Morgan fingerprint density at radius 2 is 1.20 bits per heavy atom. The minimum absolute atomic E-state index is 0.0369. The number of esters is 2. The molecule has 0 bridgehead atoms. The molecule has 40 heavy (non-hydrogen) atoms. The van der Waals surface area contributed by atoms with Crippen LogP contribution in [0.25, 0.3) is 0 Å². The number of hydrogen-bond acceptors (Lipinski definition) is 14. The Balaban J connectivity index is 1.48. The van der Waals surface area contributed by atoms with Gasteiger partial charge in [0, 0.05) is 18.1 Å². The van der Waals surface area contributed by atoms with E-state index in [0.717, 1.165) is 24.2 Å². The van der Waals surface area contributed by atoms with Gasteiger partial charge in [0.25, 0.3) is 10.1 Å². The van der Waals surface area contributed by atoms with Crippen molar-refractivity contribution in [1.82, 2.24) is 0 Å². The van der Waals surface area contributed by atoms with Crippen LogP contribution in [0.15, 0.2) is 58.3 Å². The van der Waals surface area contributed by atoms with Crippen LogP contribution in [0.2, 0.25) is 0 Å². The molecular weight excluding hydrogens is 576 g/mol. The summed E-state index contributed by atoms with van der Waals surface area (Å²) in [5.74, 6) is -1.40. The molecule has 0 heterocycles. The monoisotopic (exact) mass is 606 g/mol. The van der Waals surface area contributed by atoms with E-state index in [4.69, 9.17) is 28.8 Å². The van der Waals surface area contributed by atoms with E-state index in [9.17, 15) is 28.2 Å². The molecule has 14 nitrogen and oxygen atoms in total. The van der Waals surface area contributed by atoms with Crippen LogP contribution in [-0.4, -0.2) is 92.2 Å². The lowest BCUT2D eigenvalue weighted by atomic mass is 10.2. The van der Waals surface area contributed by atoms with Gasteiger partial charge in [-0.1, -0.05) is 5.04 Å². The largest absolute Gasteiger partial charge is 0.459 e. The average molecular weight is 607 g/mol. The predicted octanol–water partition coefficient (Wildman–Crippen LogP) is 1.91. The fraction of sp³-hybridized carbons (Fsp3) is 0.417. The van der Waals surface area contributed by atoms with Gasteiger partial charge in [0.1, 0.15) is 25.4 Å². The van der Waals surface area contributed by atoms with Crippen molar-refractivity contribution in [3.8, 4) is 0 Å². The first kappa shape index (κ1) is 33.6. The number of hydrogen-bond donors (Lipinski definition) is 4. The molecule has 0 aliphatic heterocycles. The molecule has 4 N–H and O–H groups in total. The molecule has 0 aliphatic carbocycles. The average Bonchev–Trinajstić information content (AvgIpc) is 2.94. The molecule has 0 radical (unpaired) electrons. The lowest BCUT2D eigenvalue weighted by Crippen LogP contribution is -2.24. The Hall–Kier alpha value is -2.64. The maximum Gasteiger partial charge on any atom is 0.338 e. The number of unbranched alkanes of at least 4 members (excludes halogenated alkanes) is 1. The van der Waals surface area contributed by atoms with Crippen molar-refractivity contribution >= 4 is 34.1 Å². The summed E-state index contributed by atoms with van der Waals surface area (Å²) in [6.45, 7) is -0.0645. The Morgan fingerprint density at radius 1 is 0.750 bits per heavy atom. The minimum atomic E-state index is -4.37. The lowest BCUT2D eigenvalue weighted by Gasteiger charge is -2.13. The molecule has 0 spiro atoms. The highest BCUT2D eigenvalue weighted by molar-refractivity contribution is 7.94. The second-order valence-electron chi connectivity index (χ2n) is 8.11. The van der Waals surface area contributed by atoms with Crippen LogP contribution in [0.1, 0.15) is 33.6 Å². The van der Waals surface area contributed by atoms with Crippen LogP contribution in [-0.2, 0) is 38.4 Å². The molecule has 0 fully saturated rings. The van der Waals surface area contributed by atoms with E-state index in [0.29, 0.717) is 31.0 Å². The Kier molecular flexibility index (Phi) is 15.0. The number of carbonyl (C=O) groups is 2. The highest BCUT2D eigenvalue weighted by Gasteiger charge is 2.15. The molecule has 0 aromatic heterocycles. The van der Waals surface area contributed by atoms with E-state index in [1.54, 1.807) is 12.1 Å². The number of ether oxygens (including phenoxy) is 4. The third kappa shape index (κ3) is 13.1. The van der Waals surface area contributed by atoms with Gasteiger partial charge in [-0.2, -0.15) is 8.42 Å². The SMILES string of the molecule is O=C(OCC(O)COCCCCOCC(O)COC(=O)c1ccc(S(=O)(=O)O)cc1)c1ccc(SOOO)cc1. The van der Waals surface area contributed by atoms with Crippen LogP contribution in [0.3, 0.4) is 0 Å².